The predicted octanol–water partition coefficient (Wildman–Crippen LogP) is 3.64. The molecule has 0 fully saturated rings. The molecule has 4 rings (SSSR count). The Morgan fingerprint density at radius 3 is 2.43 bits per heavy atom. The van der Waals surface area contributed by atoms with E-state index in [2.05, 4.69) is 43.9 Å². The van der Waals surface area contributed by atoms with Crippen LogP contribution in [0, 0.1) is 5.92 Å². The molecule has 0 saturated carbocycles. The Hall–Kier alpha value is -4.09. The number of benzene rings is 1. The number of nitrogens with zero attached hydrogens (tertiary/aromatic N) is 5. The van der Waals surface area contributed by atoms with Crippen molar-refractivity contribution in [3.8, 4) is 0 Å². The molecule has 0 aliphatic carbocycles. The van der Waals surface area contributed by atoms with Crippen LogP contribution in [0.5, 0.6) is 0 Å². The highest BCUT2D eigenvalue weighted by molar-refractivity contribution is 6.05. The zero-order valence-corrected chi connectivity index (χ0v) is 19.0. The Balaban J connectivity index is 0.000000429. The Morgan fingerprint density at radius 2 is 1.80 bits per heavy atom. The van der Waals surface area contributed by atoms with Crippen LogP contribution in [0.2, 0.25) is 0 Å². The van der Waals surface area contributed by atoms with E-state index in [9.17, 15) is 18.0 Å². The number of carbonyl (C=O) groups excluding carboxylic acids is 1. The van der Waals surface area contributed by atoms with Crippen LogP contribution in [0.4, 0.5) is 13.2 Å². The van der Waals surface area contributed by atoms with E-state index in [1.165, 1.54) is 0 Å². The van der Waals surface area contributed by atoms with Crippen LogP contribution in [0.25, 0.3) is 22.1 Å². The number of alkyl halides is 3. The van der Waals surface area contributed by atoms with Gasteiger partial charge in [-0.1, -0.05) is 13.8 Å². The molecule has 184 valence electrons. The molecular weight excluding hydrogens is 465 g/mol. The Labute approximate surface area is 198 Å². The van der Waals surface area contributed by atoms with Gasteiger partial charge in [-0.15, -0.1) is 10.2 Å². The highest BCUT2D eigenvalue weighted by Gasteiger charge is 2.38. The highest BCUT2D eigenvalue weighted by Crippen LogP contribution is 2.23. The molecule has 3 aromatic heterocycles. The van der Waals surface area contributed by atoms with Crippen molar-refractivity contribution in [1.82, 2.24) is 30.0 Å². The first-order chi connectivity index (χ1) is 16.6. The zero-order valence-electron chi connectivity index (χ0n) is 19.0. The van der Waals surface area contributed by atoms with Crippen molar-refractivity contribution in [2.24, 2.45) is 5.92 Å². The summed E-state index contributed by atoms with van der Waals surface area (Å²) in [5, 5.41) is 19.4. The molecular formula is C23H23F3N6O3. The summed E-state index contributed by atoms with van der Waals surface area (Å²) in [6, 6.07) is 9.41. The number of imidazole rings is 1. The number of halogens is 3. The van der Waals surface area contributed by atoms with Crippen LogP contribution < -0.4 is 5.32 Å². The second-order valence-corrected chi connectivity index (χ2v) is 8.06. The molecule has 0 atom stereocenters. The molecule has 3 heterocycles. The molecule has 1 aromatic carbocycles. The molecule has 1 amide bonds. The summed E-state index contributed by atoms with van der Waals surface area (Å²) in [4.78, 5) is 29.9. The Kier molecular flexibility index (Phi) is 7.94. The minimum Gasteiger partial charge on any atom is -0.475 e. The summed E-state index contributed by atoms with van der Waals surface area (Å²) in [6.07, 6.45) is 0.985. The van der Waals surface area contributed by atoms with Gasteiger partial charge in [0.25, 0.3) is 5.91 Å². The van der Waals surface area contributed by atoms with Gasteiger partial charge in [0.15, 0.2) is 0 Å². The molecule has 0 saturated heterocycles. The number of fused-ring (bicyclic) bond motifs is 3. The van der Waals surface area contributed by atoms with E-state index >= 15 is 0 Å². The van der Waals surface area contributed by atoms with Gasteiger partial charge < -0.3 is 15.0 Å². The third-order valence-electron chi connectivity index (χ3n) is 4.84. The normalized spacial score (nSPS) is 11.4. The first-order valence-electron chi connectivity index (χ1n) is 10.6. The smallest absolute Gasteiger partial charge is 0.475 e. The number of aromatic nitrogens is 5. The summed E-state index contributed by atoms with van der Waals surface area (Å²) in [5.74, 6) is -2.39. The summed E-state index contributed by atoms with van der Waals surface area (Å²) in [5.41, 5.74) is 4.03. The fourth-order valence-corrected chi connectivity index (χ4v) is 3.28. The molecule has 0 bridgehead atoms. The number of rotatable bonds is 6. The van der Waals surface area contributed by atoms with E-state index in [1.807, 2.05) is 24.3 Å². The number of carboxylic acid groups (broad SMARTS) is 1. The SMILES string of the molecule is CC(C)Cn1cnc2nnc3ccc(C(=O)NCCc4ccncc4)cc3c21.O=C(O)C(F)(F)F. The Bertz CT molecular complexity index is 1320. The summed E-state index contributed by atoms with van der Waals surface area (Å²) in [6.45, 7) is 5.71. The van der Waals surface area contributed by atoms with Gasteiger partial charge in [0.2, 0.25) is 5.65 Å². The quantitative estimate of drug-likeness (QED) is 0.425. The fourth-order valence-electron chi connectivity index (χ4n) is 3.28. The number of pyridine rings is 1. The van der Waals surface area contributed by atoms with Gasteiger partial charge in [-0.3, -0.25) is 9.78 Å². The molecule has 0 aliphatic heterocycles. The molecule has 2 N–H and O–H groups in total. The van der Waals surface area contributed by atoms with Crippen molar-refractivity contribution >= 4 is 33.9 Å². The molecule has 0 aliphatic rings. The molecule has 4 aromatic rings. The fraction of sp³-hybridized carbons (Fsp3) is 0.304. The van der Waals surface area contributed by atoms with Crippen LogP contribution in [0.15, 0.2) is 49.1 Å². The van der Waals surface area contributed by atoms with Crippen LogP contribution in [-0.4, -0.2) is 54.4 Å². The largest absolute Gasteiger partial charge is 0.490 e. The average Bonchev–Trinajstić information content (AvgIpc) is 3.21. The molecule has 12 heteroatoms. The maximum atomic E-state index is 12.6. The molecule has 0 spiro atoms. The minimum absolute atomic E-state index is 0.101. The summed E-state index contributed by atoms with van der Waals surface area (Å²) >= 11 is 0. The first kappa shape index (κ1) is 25.5. The number of nitrogens with one attached hydrogen (secondary N) is 1. The van der Waals surface area contributed by atoms with Crippen LogP contribution in [0.3, 0.4) is 0 Å². The molecule has 0 unspecified atom stereocenters. The first-order valence-corrected chi connectivity index (χ1v) is 10.6. The van der Waals surface area contributed by atoms with Gasteiger partial charge in [0.05, 0.1) is 17.4 Å². The van der Waals surface area contributed by atoms with E-state index in [0.717, 1.165) is 34.9 Å². The minimum atomic E-state index is -5.08. The van der Waals surface area contributed by atoms with Crippen LogP contribution in [0.1, 0.15) is 29.8 Å². The number of amides is 1. The topological polar surface area (TPSA) is 123 Å². The number of aliphatic carboxylic acids is 1. The zero-order chi connectivity index (χ0) is 25.6. The Morgan fingerprint density at radius 1 is 1.11 bits per heavy atom. The second-order valence-electron chi connectivity index (χ2n) is 8.06. The van der Waals surface area contributed by atoms with Crippen molar-refractivity contribution < 1.29 is 27.9 Å². The third kappa shape index (κ3) is 6.71. The second kappa shape index (κ2) is 10.9. The number of carboxylic acids is 1. The lowest BCUT2D eigenvalue weighted by Gasteiger charge is -2.10. The number of hydrogen-bond donors (Lipinski definition) is 2. The van der Waals surface area contributed by atoms with E-state index < -0.39 is 12.1 Å². The standard InChI is InChI=1S/C21H22N6O.C2HF3O2/c1-14(2)12-27-13-24-20-19(27)17-11-16(3-4-18(17)25-26-20)21(28)23-10-7-15-5-8-22-9-6-15;3-2(4,5)1(6)7/h3-6,8-9,11,13-14H,7,10,12H2,1-2H3,(H,23,28);(H,6,7). The average molecular weight is 488 g/mol. The van der Waals surface area contributed by atoms with E-state index in [4.69, 9.17) is 9.90 Å². The maximum absolute atomic E-state index is 12.6. The summed E-state index contributed by atoms with van der Waals surface area (Å²) in [7, 11) is 0. The lowest BCUT2D eigenvalue weighted by atomic mass is 10.1. The maximum Gasteiger partial charge on any atom is 0.490 e. The van der Waals surface area contributed by atoms with Crippen LogP contribution >= 0.6 is 0 Å². The van der Waals surface area contributed by atoms with E-state index in [0.29, 0.717) is 23.7 Å². The van der Waals surface area contributed by atoms with Crippen molar-refractivity contribution in [2.75, 3.05) is 6.54 Å². The third-order valence-corrected chi connectivity index (χ3v) is 4.84. The van der Waals surface area contributed by atoms with Crippen molar-refractivity contribution in [3.05, 3.63) is 60.2 Å². The molecule has 9 nitrogen and oxygen atoms in total. The van der Waals surface area contributed by atoms with Gasteiger partial charge in [-0.25, -0.2) is 9.78 Å². The lowest BCUT2D eigenvalue weighted by Crippen LogP contribution is -2.25. The van der Waals surface area contributed by atoms with Crippen LogP contribution in [-0.2, 0) is 17.8 Å². The van der Waals surface area contributed by atoms with E-state index in [1.54, 1.807) is 24.8 Å². The molecule has 0 radical (unpaired) electrons. The molecule has 35 heavy (non-hydrogen) atoms. The van der Waals surface area contributed by atoms with Crippen molar-refractivity contribution in [1.29, 1.82) is 0 Å². The lowest BCUT2D eigenvalue weighted by molar-refractivity contribution is -0.192. The monoisotopic (exact) mass is 488 g/mol. The van der Waals surface area contributed by atoms with Gasteiger partial charge in [0, 0.05) is 36.4 Å². The van der Waals surface area contributed by atoms with Crippen molar-refractivity contribution in [2.45, 2.75) is 33.0 Å². The van der Waals surface area contributed by atoms with E-state index in [-0.39, 0.29) is 5.91 Å². The van der Waals surface area contributed by atoms with Gasteiger partial charge in [-0.05, 0) is 48.2 Å². The van der Waals surface area contributed by atoms with Gasteiger partial charge in [0.1, 0.15) is 0 Å². The predicted molar refractivity (Wildman–Crippen MR) is 122 cm³/mol. The van der Waals surface area contributed by atoms with Crippen molar-refractivity contribution in [3.63, 3.8) is 0 Å². The number of carbonyl (C=O) groups is 2. The summed E-state index contributed by atoms with van der Waals surface area (Å²) < 4.78 is 33.8. The highest BCUT2D eigenvalue weighted by atomic mass is 19.4. The number of hydrogen-bond acceptors (Lipinski definition) is 6. The van der Waals surface area contributed by atoms with Gasteiger partial charge in [-0.2, -0.15) is 13.2 Å². The van der Waals surface area contributed by atoms with Gasteiger partial charge >= 0.3 is 12.1 Å².